The van der Waals surface area contributed by atoms with Crippen LogP contribution in [0.2, 0.25) is 0 Å². The molecule has 0 aliphatic heterocycles. The first kappa shape index (κ1) is 13.7. The topological polar surface area (TPSA) is 69.6 Å². The van der Waals surface area contributed by atoms with Crippen molar-refractivity contribution >= 4 is 5.91 Å². The number of hydrogen-bond donors (Lipinski definition) is 3. The molecule has 0 unspecified atom stereocenters. The van der Waals surface area contributed by atoms with Crippen molar-refractivity contribution in [3.05, 3.63) is 23.8 Å². The maximum Gasteiger partial charge on any atom is 0.255 e. The van der Waals surface area contributed by atoms with Crippen LogP contribution < -0.4 is 5.32 Å². The second-order valence-corrected chi connectivity index (χ2v) is 6.41. The van der Waals surface area contributed by atoms with Gasteiger partial charge in [0.25, 0.3) is 5.91 Å². The number of amides is 1. The molecule has 19 heavy (non-hydrogen) atoms. The van der Waals surface area contributed by atoms with Crippen molar-refractivity contribution in [1.29, 1.82) is 0 Å². The molecule has 104 valence electrons. The number of carbonyl (C=O) groups excluding carboxylic acids is 1. The minimum atomic E-state index is -0.355. The number of nitrogens with one attached hydrogen (secondary N) is 1. The van der Waals surface area contributed by atoms with Crippen LogP contribution in [0.1, 0.15) is 38.1 Å². The molecular formula is C15H21NO3. The van der Waals surface area contributed by atoms with Crippen molar-refractivity contribution in [3.63, 3.8) is 0 Å². The van der Waals surface area contributed by atoms with Gasteiger partial charge in [-0.3, -0.25) is 4.79 Å². The first-order valence-electron chi connectivity index (χ1n) is 6.48. The molecule has 4 nitrogen and oxygen atoms in total. The zero-order valence-corrected chi connectivity index (χ0v) is 11.8. The average Bonchev–Trinajstić information content (AvgIpc) is 2.70. The lowest BCUT2D eigenvalue weighted by Gasteiger charge is -2.08. The fourth-order valence-electron chi connectivity index (χ4n) is 2.84. The molecule has 2 rings (SSSR count). The minimum absolute atomic E-state index is 0.0324. The maximum absolute atomic E-state index is 12.0. The molecule has 1 fully saturated rings. The number of benzene rings is 1. The highest BCUT2D eigenvalue weighted by Gasteiger charge is 2.64. The Hall–Kier alpha value is -1.71. The predicted octanol–water partition coefficient (Wildman–Crippen LogP) is 2.51. The van der Waals surface area contributed by atoms with E-state index in [2.05, 4.69) is 33.0 Å². The van der Waals surface area contributed by atoms with Crippen LogP contribution in [-0.2, 0) is 0 Å². The summed E-state index contributed by atoms with van der Waals surface area (Å²) in [6.07, 6.45) is 0. The molecular weight excluding hydrogens is 242 g/mol. The third kappa shape index (κ3) is 2.15. The Balaban J connectivity index is 2.02. The van der Waals surface area contributed by atoms with Crippen molar-refractivity contribution in [3.8, 4) is 11.5 Å². The average molecular weight is 263 g/mol. The van der Waals surface area contributed by atoms with Crippen molar-refractivity contribution in [2.24, 2.45) is 16.7 Å². The van der Waals surface area contributed by atoms with Crippen LogP contribution in [0.25, 0.3) is 0 Å². The SMILES string of the molecule is CC1(C)C(CNC(=O)c2cc(O)ccc2O)C1(C)C. The Labute approximate surface area is 113 Å². The van der Waals surface area contributed by atoms with Gasteiger partial charge in [0.05, 0.1) is 5.56 Å². The van der Waals surface area contributed by atoms with Crippen molar-refractivity contribution in [2.45, 2.75) is 27.7 Å². The highest BCUT2D eigenvalue weighted by molar-refractivity contribution is 5.97. The lowest BCUT2D eigenvalue weighted by Crippen LogP contribution is -2.27. The zero-order chi connectivity index (χ0) is 14.4. The monoisotopic (exact) mass is 263 g/mol. The van der Waals surface area contributed by atoms with Crippen molar-refractivity contribution < 1.29 is 15.0 Å². The highest BCUT2D eigenvalue weighted by atomic mass is 16.3. The normalized spacial score (nSPS) is 20.0. The largest absolute Gasteiger partial charge is 0.508 e. The van der Waals surface area contributed by atoms with Gasteiger partial charge in [0.2, 0.25) is 0 Å². The van der Waals surface area contributed by atoms with E-state index in [0.717, 1.165) is 0 Å². The summed E-state index contributed by atoms with van der Waals surface area (Å²) in [6, 6.07) is 3.93. The first-order valence-corrected chi connectivity index (χ1v) is 6.48. The molecule has 0 spiro atoms. The van der Waals surface area contributed by atoms with Crippen LogP contribution in [0, 0.1) is 16.7 Å². The third-order valence-electron chi connectivity index (χ3n) is 5.01. The predicted molar refractivity (Wildman–Crippen MR) is 73.2 cm³/mol. The summed E-state index contributed by atoms with van der Waals surface area (Å²) in [6.45, 7) is 9.34. The van der Waals surface area contributed by atoms with Crippen LogP contribution in [-0.4, -0.2) is 22.7 Å². The summed E-state index contributed by atoms with van der Waals surface area (Å²) in [5.41, 5.74) is 0.527. The number of phenols is 2. The van der Waals surface area contributed by atoms with E-state index in [1.54, 1.807) is 0 Å². The van der Waals surface area contributed by atoms with Crippen LogP contribution >= 0.6 is 0 Å². The van der Waals surface area contributed by atoms with Gasteiger partial charge in [-0.25, -0.2) is 0 Å². The van der Waals surface area contributed by atoms with E-state index >= 15 is 0 Å². The Kier molecular flexibility index (Phi) is 3.00. The summed E-state index contributed by atoms with van der Waals surface area (Å²) >= 11 is 0. The molecule has 4 heteroatoms. The lowest BCUT2D eigenvalue weighted by atomic mass is 10.0. The van der Waals surface area contributed by atoms with Crippen LogP contribution in [0.4, 0.5) is 0 Å². The molecule has 1 amide bonds. The van der Waals surface area contributed by atoms with Gasteiger partial charge in [0.15, 0.2) is 0 Å². The number of rotatable bonds is 3. The van der Waals surface area contributed by atoms with Gasteiger partial charge >= 0.3 is 0 Å². The molecule has 0 saturated heterocycles. The van der Waals surface area contributed by atoms with Crippen LogP contribution in [0.15, 0.2) is 18.2 Å². The van der Waals surface area contributed by atoms with Gasteiger partial charge in [-0.1, -0.05) is 27.7 Å². The summed E-state index contributed by atoms with van der Waals surface area (Å²) in [4.78, 5) is 12.0. The molecule has 1 saturated carbocycles. The summed E-state index contributed by atoms with van der Waals surface area (Å²) in [5, 5.41) is 21.8. The quantitative estimate of drug-likeness (QED) is 0.734. The molecule has 3 N–H and O–H groups in total. The molecule has 1 aromatic carbocycles. The Bertz CT molecular complexity index is 506. The molecule has 0 atom stereocenters. The van der Waals surface area contributed by atoms with E-state index in [1.165, 1.54) is 18.2 Å². The van der Waals surface area contributed by atoms with Gasteiger partial charge < -0.3 is 15.5 Å². The fraction of sp³-hybridized carbons (Fsp3) is 0.533. The second kappa shape index (κ2) is 4.15. The van der Waals surface area contributed by atoms with Crippen molar-refractivity contribution in [2.75, 3.05) is 6.54 Å². The van der Waals surface area contributed by atoms with E-state index in [9.17, 15) is 15.0 Å². The van der Waals surface area contributed by atoms with Gasteiger partial charge in [-0.15, -0.1) is 0 Å². The van der Waals surface area contributed by atoms with Crippen molar-refractivity contribution in [1.82, 2.24) is 5.32 Å². The number of hydrogen-bond acceptors (Lipinski definition) is 3. The summed E-state index contributed by atoms with van der Waals surface area (Å²) in [7, 11) is 0. The molecule has 0 aromatic heterocycles. The number of phenolic OH excluding ortho intramolecular Hbond substituents is 2. The Morgan fingerprint density at radius 2 is 1.79 bits per heavy atom. The third-order valence-corrected chi connectivity index (χ3v) is 5.01. The molecule has 1 aliphatic carbocycles. The Morgan fingerprint density at radius 1 is 1.21 bits per heavy atom. The van der Waals surface area contributed by atoms with Crippen LogP contribution in [0.5, 0.6) is 11.5 Å². The van der Waals surface area contributed by atoms with E-state index < -0.39 is 0 Å². The van der Waals surface area contributed by atoms with E-state index in [0.29, 0.717) is 12.5 Å². The second-order valence-electron chi connectivity index (χ2n) is 6.41. The molecule has 1 aromatic rings. The van der Waals surface area contributed by atoms with E-state index in [-0.39, 0.29) is 33.8 Å². The number of carbonyl (C=O) groups is 1. The minimum Gasteiger partial charge on any atom is -0.508 e. The summed E-state index contributed by atoms with van der Waals surface area (Å²) in [5.74, 6) is -0.0880. The fourth-order valence-corrected chi connectivity index (χ4v) is 2.84. The standard InChI is InChI=1S/C15H21NO3/c1-14(2)12(15(14,3)4)8-16-13(19)10-7-9(17)5-6-11(10)18/h5-7,12,17-18H,8H2,1-4H3,(H,16,19). The maximum atomic E-state index is 12.0. The van der Waals surface area contributed by atoms with Gasteiger partial charge in [-0.05, 0) is 34.9 Å². The zero-order valence-electron chi connectivity index (χ0n) is 11.8. The highest BCUT2D eigenvalue weighted by Crippen LogP contribution is 2.67. The molecule has 0 bridgehead atoms. The van der Waals surface area contributed by atoms with Crippen LogP contribution in [0.3, 0.4) is 0 Å². The van der Waals surface area contributed by atoms with Gasteiger partial charge in [0, 0.05) is 6.54 Å². The molecule has 0 heterocycles. The smallest absolute Gasteiger partial charge is 0.255 e. The lowest BCUT2D eigenvalue weighted by molar-refractivity contribution is 0.0947. The number of aromatic hydroxyl groups is 2. The molecule has 1 aliphatic rings. The summed E-state index contributed by atoms with van der Waals surface area (Å²) < 4.78 is 0. The molecule has 0 radical (unpaired) electrons. The Morgan fingerprint density at radius 3 is 2.32 bits per heavy atom. The van der Waals surface area contributed by atoms with Gasteiger partial charge in [0.1, 0.15) is 11.5 Å². The first-order chi connectivity index (χ1) is 8.68. The van der Waals surface area contributed by atoms with E-state index in [1.807, 2.05) is 0 Å². The van der Waals surface area contributed by atoms with Gasteiger partial charge in [-0.2, -0.15) is 0 Å². The van der Waals surface area contributed by atoms with E-state index in [4.69, 9.17) is 0 Å².